The van der Waals surface area contributed by atoms with Crippen molar-refractivity contribution in [1.82, 2.24) is 15.3 Å². The van der Waals surface area contributed by atoms with Crippen LogP contribution in [-0.2, 0) is 65.4 Å². The Kier molecular flexibility index (Phi) is 19.5. The van der Waals surface area contributed by atoms with E-state index in [1.54, 1.807) is 40.0 Å². The van der Waals surface area contributed by atoms with Crippen LogP contribution in [0.2, 0.25) is 0 Å². The Morgan fingerprint density at radius 3 is 2.27 bits per heavy atom. The van der Waals surface area contributed by atoms with Crippen molar-refractivity contribution in [2.24, 2.45) is 5.41 Å². The van der Waals surface area contributed by atoms with E-state index in [0.717, 1.165) is 49.7 Å². The van der Waals surface area contributed by atoms with Crippen molar-refractivity contribution in [3.63, 3.8) is 0 Å². The number of nitrogens with zero attached hydrogens (tertiary/aromatic N) is 2. The van der Waals surface area contributed by atoms with E-state index in [1.165, 1.54) is 9.96 Å². The number of benzene rings is 2. The lowest BCUT2D eigenvalue weighted by Crippen LogP contribution is -2.70. The highest BCUT2D eigenvalue weighted by Crippen LogP contribution is 2.58. The molecular formula is C55H79N3O16. The highest BCUT2D eigenvalue weighted by Gasteiger charge is 2.77. The maximum absolute atomic E-state index is 16.0. The minimum Gasteiger partial charge on any atom is -0.460 e. The quantitative estimate of drug-likeness (QED) is 0.0614. The summed E-state index contributed by atoms with van der Waals surface area (Å²) in [6, 6.07) is 13.4. The number of aliphatic hydroxyl groups excluding tert-OH is 5. The van der Waals surface area contributed by atoms with E-state index in [1.807, 2.05) is 54.6 Å². The molecule has 4 saturated heterocycles. The number of rotatable bonds is 25. The van der Waals surface area contributed by atoms with Gasteiger partial charge in [-0.3, -0.25) is 24.0 Å². The van der Waals surface area contributed by atoms with E-state index in [2.05, 4.69) is 19.2 Å². The number of ether oxygens (including phenoxy) is 6. The minimum atomic E-state index is -1.62. The summed E-state index contributed by atoms with van der Waals surface area (Å²) in [5, 5.41) is 55.2. The van der Waals surface area contributed by atoms with E-state index in [9.17, 15) is 39.9 Å². The van der Waals surface area contributed by atoms with Crippen LogP contribution in [0.1, 0.15) is 122 Å². The van der Waals surface area contributed by atoms with Crippen molar-refractivity contribution < 1.29 is 78.0 Å². The second-order valence-electron chi connectivity index (χ2n) is 21.5. The number of carbonyl (C=O) groups excluding carboxylic acids is 4. The lowest BCUT2D eigenvalue weighted by atomic mass is 9.62. The van der Waals surface area contributed by atoms with E-state index in [4.69, 9.17) is 33.3 Å². The molecule has 0 aromatic heterocycles. The number of fused-ring (bicyclic) bond motifs is 4. The molecular weight excluding hydrogens is 959 g/mol. The largest absolute Gasteiger partial charge is 0.460 e. The smallest absolute Gasteiger partial charge is 0.327 e. The molecule has 2 aromatic carbocycles. The summed E-state index contributed by atoms with van der Waals surface area (Å²) in [7, 11) is 1.55. The zero-order chi connectivity index (χ0) is 53.4. The molecule has 13 atom stereocenters. The summed E-state index contributed by atoms with van der Waals surface area (Å²) in [6.07, 6.45) is -0.192. The van der Waals surface area contributed by atoms with Gasteiger partial charge in [0.2, 0.25) is 11.8 Å². The fourth-order valence-electron chi connectivity index (χ4n) is 11.1. The predicted octanol–water partition coefficient (Wildman–Crippen LogP) is 3.63. The van der Waals surface area contributed by atoms with Crippen LogP contribution in [0.4, 0.5) is 0 Å². The molecule has 2 bridgehead atoms. The highest BCUT2D eigenvalue weighted by molar-refractivity contribution is 5.96. The Morgan fingerprint density at radius 2 is 1.61 bits per heavy atom. The van der Waals surface area contributed by atoms with Gasteiger partial charge in [-0.25, -0.2) is 0 Å². The van der Waals surface area contributed by atoms with Gasteiger partial charge < -0.3 is 64.2 Å². The summed E-state index contributed by atoms with van der Waals surface area (Å²) < 4.78 is 37.0. The standard InChI is InChI=1S/C55H79N3O16/c1-7-9-14-25-54(26-15-10-8-2)72-45-39-30-55(52(67)57(6)38(29-35-18-12-11-13-19-35)49(65)56-37(32-59)23-24-41(61)71-53(3,4)5)47(50(66)69-39)58(74-48(55)46(45)73-54)31-36-21-16-20-34(28-36)22-17-27-68-51-44(64)43(63)42(62)40(33-60)70-51/h11-13,16-22,28,37-40,42-48,51,59-60,62-64H,7-10,14-15,23-27,29-33H2,1-6H3,(H,56,65)/t37-,38+,39+,40+,42-,43-,44+,45-,46-,47+,48+,51-,55+/m0/s1. The number of aliphatic hydroxyl groups is 5. The third kappa shape index (κ3) is 13.1. The van der Waals surface area contributed by atoms with E-state index < -0.39 is 127 Å². The van der Waals surface area contributed by atoms with Crippen molar-refractivity contribution >= 4 is 29.8 Å². The van der Waals surface area contributed by atoms with Crippen molar-refractivity contribution in [2.75, 3.05) is 26.9 Å². The second kappa shape index (κ2) is 25.2. The van der Waals surface area contributed by atoms with Gasteiger partial charge >= 0.3 is 11.9 Å². The molecule has 0 unspecified atom stereocenters. The fraction of sp³-hybridized carbons (Fsp3) is 0.673. The number of hydrogen-bond donors (Lipinski definition) is 6. The number of hydroxylamine groups is 2. The third-order valence-electron chi connectivity index (χ3n) is 14.8. The molecule has 5 aliphatic rings. The maximum Gasteiger partial charge on any atom is 0.327 e. The summed E-state index contributed by atoms with van der Waals surface area (Å²) in [5.74, 6) is -3.24. The van der Waals surface area contributed by atoms with E-state index in [0.29, 0.717) is 18.4 Å². The minimum absolute atomic E-state index is 0.0306. The van der Waals surface area contributed by atoms with Crippen molar-refractivity contribution in [1.29, 1.82) is 0 Å². The van der Waals surface area contributed by atoms with Gasteiger partial charge in [-0.05, 0) is 56.7 Å². The normalized spacial score (nSPS) is 30.1. The molecule has 19 nitrogen and oxygen atoms in total. The third-order valence-corrected chi connectivity index (χ3v) is 14.8. The summed E-state index contributed by atoms with van der Waals surface area (Å²) in [4.78, 5) is 66.5. The molecule has 4 heterocycles. The second-order valence-corrected chi connectivity index (χ2v) is 21.5. The van der Waals surface area contributed by atoms with Crippen molar-refractivity contribution in [3.05, 3.63) is 77.4 Å². The lowest BCUT2D eigenvalue weighted by Gasteiger charge is -2.50. The molecule has 0 spiro atoms. The first-order chi connectivity index (χ1) is 35.4. The lowest BCUT2D eigenvalue weighted by molar-refractivity contribution is -0.298. The highest BCUT2D eigenvalue weighted by atomic mass is 16.8. The number of carbonyl (C=O) groups is 4. The van der Waals surface area contributed by atoms with Crippen LogP contribution in [0.3, 0.4) is 0 Å². The number of esters is 2. The van der Waals surface area contributed by atoms with Gasteiger partial charge in [0, 0.05) is 39.2 Å². The van der Waals surface area contributed by atoms with Crippen LogP contribution in [0.5, 0.6) is 0 Å². The molecule has 2 aromatic rings. The van der Waals surface area contributed by atoms with Gasteiger partial charge in [-0.2, -0.15) is 5.06 Å². The molecule has 7 rings (SSSR count). The molecule has 19 heteroatoms. The molecule has 0 radical (unpaired) electrons. The number of unbranched alkanes of at least 4 members (excludes halogenated alkanes) is 4. The predicted molar refractivity (Wildman–Crippen MR) is 268 cm³/mol. The average Bonchev–Trinajstić information content (AvgIpc) is 3.93. The average molecular weight is 1040 g/mol. The number of nitrogens with one attached hydrogen (secondary N) is 1. The summed E-state index contributed by atoms with van der Waals surface area (Å²) in [5.41, 5.74) is -0.140. The zero-order valence-electron chi connectivity index (χ0n) is 43.7. The molecule has 1 saturated carbocycles. The van der Waals surface area contributed by atoms with Gasteiger partial charge in [0.25, 0.3) is 0 Å². The Bertz CT molecular complexity index is 2210. The SMILES string of the molecule is CCCCCC1(CCCCC)O[C@@H]2[C@H](O1)[C@H]1ON(Cc3cccc(C=CCO[C@H]4O[C@H](CO)[C@H](O)[C@H](O)[C@H]4O)c3)[C@@H]3C(=O)O[C@@H]2C[C@]13C(=O)N(C)[C@H](Cc1ccccc1)C(=O)N[C@H](CO)CCC(=O)OC(C)(C)C. The first-order valence-corrected chi connectivity index (χ1v) is 26.5. The molecule has 410 valence electrons. The van der Waals surface area contributed by atoms with Crippen molar-refractivity contribution in [2.45, 2.75) is 203 Å². The Hall–Kier alpha value is -4.38. The van der Waals surface area contributed by atoms with Gasteiger partial charge in [0.05, 0.1) is 32.4 Å². The molecule has 74 heavy (non-hydrogen) atoms. The monoisotopic (exact) mass is 1040 g/mol. The number of likely N-dealkylation sites (N-methyl/N-ethyl adjacent to an activating group) is 1. The Balaban J connectivity index is 1.19. The molecule has 5 fully saturated rings. The molecule has 2 amide bonds. The number of hydrogen-bond acceptors (Lipinski definition) is 17. The molecule has 6 N–H and O–H groups in total. The molecule has 4 aliphatic heterocycles. The first kappa shape index (κ1) is 57.3. The van der Waals surface area contributed by atoms with Crippen molar-refractivity contribution in [3.8, 4) is 0 Å². The molecule has 1 aliphatic carbocycles. The summed E-state index contributed by atoms with van der Waals surface area (Å²) >= 11 is 0. The van der Waals surface area contributed by atoms with Crippen LogP contribution in [0.15, 0.2) is 60.7 Å². The zero-order valence-corrected chi connectivity index (χ0v) is 43.7. The topological polar surface area (TPSA) is 253 Å². The van der Waals surface area contributed by atoms with Crippen LogP contribution in [-0.4, -0.2) is 171 Å². The number of amides is 2. The van der Waals surface area contributed by atoms with Crippen LogP contribution in [0.25, 0.3) is 6.08 Å². The van der Waals surface area contributed by atoms with Gasteiger partial charge in [-0.1, -0.05) is 106 Å². The fourth-order valence-corrected chi connectivity index (χ4v) is 11.1. The Morgan fingerprint density at radius 1 is 0.919 bits per heavy atom. The van der Waals surface area contributed by atoms with Gasteiger partial charge in [0.15, 0.2) is 18.1 Å². The van der Waals surface area contributed by atoms with Gasteiger partial charge in [0.1, 0.15) is 65.9 Å². The summed E-state index contributed by atoms with van der Waals surface area (Å²) in [6.45, 7) is 8.44. The van der Waals surface area contributed by atoms with Gasteiger partial charge in [-0.15, -0.1) is 0 Å². The van der Waals surface area contributed by atoms with E-state index in [-0.39, 0.29) is 38.8 Å². The maximum atomic E-state index is 16.0. The van der Waals surface area contributed by atoms with E-state index >= 15 is 4.79 Å². The van der Waals surface area contributed by atoms with Crippen LogP contribution >= 0.6 is 0 Å². The Labute approximate surface area is 434 Å². The van der Waals surface area contributed by atoms with Crippen LogP contribution < -0.4 is 5.32 Å². The van der Waals surface area contributed by atoms with Crippen LogP contribution in [0, 0.1) is 5.41 Å². The first-order valence-electron chi connectivity index (χ1n) is 26.5.